The van der Waals surface area contributed by atoms with E-state index in [0.717, 1.165) is 29.0 Å². The molecule has 0 amide bonds. The van der Waals surface area contributed by atoms with Crippen molar-refractivity contribution in [1.82, 2.24) is 4.98 Å². The first-order valence-corrected chi connectivity index (χ1v) is 5.71. The van der Waals surface area contributed by atoms with Crippen LogP contribution >= 0.6 is 0 Å². The zero-order chi connectivity index (χ0) is 13.5. The Morgan fingerprint density at radius 1 is 0.895 bits per heavy atom. The highest BCUT2D eigenvalue weighted by Gasteiger charge is 2.33. The maximum Gasteiger partial charge on any atom is 0.416 e. The zero-order valence-electron chi connectivity index (χ0n) is 9.72. The summed E-state index contributed by atoms with van der Waals surface area (Å²) in [5.74, 6) is 0. The molecule has 0 N–H and O–H groups in total. The third kappa shape index (κ3) is 2.36. The SMILES string of the molecule is FC(F)(F)c1ccc(C2=NC2c2ccncc2)cc1. The number of hydrogen-bond acceptors (Lipinski definition) is 2. The van der Waals surface area contributed by atoms with Crippen molar-refractivity contribution >= 4 is 5.71 Å². The average molecular weight is 262 g/mol. The number of hydrogen-bond donors (Lipinski definition) is 0. The predicted octanol–water partition coefficient (Wildman–Crippen LogP) is 3.64. The standard InChI is InChI=1S/C14H9F3N2/c15-14(16,17)11-3-1-9(2-4-11)12-13(19-12)10-5-7-18-8-6-10/h1-8,13H. The minimum absolute atomic E-state index is 0.0419. The van der Waals surface area contributed by atoms with E-state index in [9.17, 15) is 13.2 Å². The lowest BCUT2D eigenvalue weighted by molar-refractivity contribution is -0.137. The van der Waals surface area contributed by atoms with E-state index in [0.29, 0.717) is 0 Å². The maximum atomic E-state index is 12.4. The molecule has 5 heteroatoms. The molecule has 0 saturated carbocycles. The molecular weight excluding hydrogens is 253 g/mol. The first-order valence-electron chi connectivity index (χ1n) is 5.71. The van der Waals surface area contributed by atoms with Crippen LogP contribution in [0.1, 0.15) is 22.7 Å². The minimum atomic E-state index is -4.30. The van der Waals surface area contributed by atoms with Crippen LogP contribution in [0.4, 0.5) is 13.2 Å². The third-order valence-electron chi connectivity index (χ3n) is 2.99. The molecule has 3 rings (SSSR count). The predicted molar refractivity (Wildman–Crippen MR) is 65.0 cm³/mol. The molecule has 2 aromatic rings. The highest BCUT2D eigenvalue weighted by atomic mass is 19.4. The molecule has 1 atom stereocenters. The number of aliphatic imine (C=N–C) groups is 1. The molecule has 0 fully saturated rings. The monoisotopic (exact) mass is 262 g/mol. The first-order chi connectivity index (χ1) is 9.05. The highest BCUT2D eigenvalue weighted by molar-refractivity contribution is 6.13. The third-order valence-corrected chi connectivity index (χ3v) is 2.99. The molecule has 1 aromatic heterocycles. The van der Waals surface area contributed by atoms with Gasteiger partial charge in [-0.15, -0.1) is 0 Å². The quantitative estimate of drug-likeness (QED) is 0.811. The van der Waals surface area contributed by atoms with Gasteiger partial charge in [0.1, 0.15) is 6.04 Å². The summed E-state index contributed by atoms with van der Waals surface area (Å²) in [6.07, 6.45) is -0.949. The smallest absolute Gasteiger partial charge is 0.272 e. The number of alkyl halides is 3. The van der Waals surface area contributed by atoms with Crippen molar-refractivity contribution in [2.75, 3.05) is 0 Å². The van der Waals surface area contributed by atoms with Crippen molar-refractivity contribution in [3.05, 3.63) is 65.5 Å². The number of halogens is 3. The van der Waals surface area contributed by atoms with E-state index in [1.807, 2.05) is 12.1 Å². The molecule has 0 bridgehead atoms. The zero-order valence-corrected chi connectivity index (χ0v) is 9.72. The molecule has 1 aliphatic heterocycles. The Bertz CT molecular complexity index is 615. The summed E-state index contributed by atoms with van der Waals surface area (Å²) in [5, 5.41) is 0. The Labute approximate surface area is 107 Å². The van der Waals surface area contributed by atoms with Gasteiger partial charge in [-0.05, 0) is 35.4 Å². The van der Waals surface area contributed by atoms with Gasteiger partial charge in [0, 0.05) is 12.4 Å². The topological polar surface area (TPSA) is 25.2 Å². The van der Waals surface area contributed by atoms with Gasteiger partial charge in [-0.25, -0.2) is 0 Å². The normalized spacial score (nSPS) is 18.1. The van der Waals surface area contributed by atoms with Crippen LogP contribution in [-0.4, -0.2) is 10.7 Å². The van der Waals surface area contributed by atoms with Crippen LogP contribution in [0.25, 0.3) is 0 Å². The fraction of sp³-hybridized carbons (Fsp3) is 0.143. The van der Waals surface area contributed by atoms with Crippen LogP contribution in [0.15, 0.2) is 53.8 Å². The van der Waals surface area contributed by atoms with Crippen molar-refractivity contribution in [2.45, 2.75) is 12.2 Å². The van der Waals surface area contributed by atoms with Crippen LogP contribution in [0.2, 0.25) is 0 Å². The second kappa shape index (κ2) is 4.19. The van der Waals surface area contributed by atoms with E-state index >= 15 is 0 Å². The van der Waals surface area contributed by atoms with Crippen LogP contribution in [-0.2, 0) is 6.18 Å². The van der Waals surface area contributed by atoms with Gasteiger partial charge in [-0.3, -0.25) is 9.98 Å². The fourth-order valence-corrected chi connectivity index (χ4v) is 1.94. The molecule has 19 heavy (non-hydrogen) atoms. The van der Waals surface area contributed by atoms with Gasteiger partial charge in [0.25, 0.3) is 0 Å². The molecule has 1 unspecified atom stereocenters. The average Bonchev–Trinajstić information content (AvgIpc) is 3.19. The summed E-state index contributed by atoms with van der Waals surface area (Å²) < 4.78 is 37.3. The van der Waals surface area contributed by atoms with Gasteiger partial charge in [0.2, 0.25) is 0 Å². The summed E-state index contributed by atoms with van der Waals surface area (Å²) in [6, 6.07) is 8.75. The van der Waals surface area contributed by atoms with Gasteiger partial charge in [0.05, 0.1) is 11.3 Å². The molecule has 96 valence electrons. The fourth-order valence-electron chi connectivity index (χ4n) is 1.94. The summed E-state index contributed by atoms with van der Waals surface area (Å²) in [5.41, 5.74) is 1.91. The maximum absolute atomic E-state index is 12.4. The van der Waals surface area contributed by atoms with Gasteiger partial charge >= 0.3 is 6.18 Å². The summed E-state index contributed by atoms with van der Waals surface area (Å²) in [4.78, 5) is 8.21. The van der Waals surface area contributed by atoms with E-state index in [1.165, 1.54) is 12.1 Å². The number of aromatic nitrogens is 1. The van der Waals surface area contributed by atoms with Gasteiger partial charge in [0.15, 0.2) is 0 Å². The first kappa shape index (κ1) is 11.9. The lowest BCUT2D eigenvalue weighted by Gasteiger charge is -2.06. The number of rotatable bonds is 2. The Morgan fingerprint density at radius 3 is 2.11 bits per heavy atom. The second-order valence-electron chi connectivity index (χ2n) is 4.27. The Kier molecular flexibility index (Phi) is 2.62. The number of pyridine rings is 1. The Balaban J connectivity index is 1.77. The molecule has 0 spiro atoms. The van der Waals surface area contributed by atoms with Crippen LogP contribution in [0.3, 0.4) is 0 Å². The molecule has 0 radical (unpaired) electrons. The van der Waals surface area contributed by atoms with E-state index in [-0.39, 0.29) is 6.04 Å². The van der Waals surface area contributed by atoms with E-state index in [1.54, 1.807) is 12.4 Å². The van der Waals surface area contributed by atoms with Crippen molar-refractivity contribution in [3.63, 3.8) is 0 Å². The van der Waals surface area contributed by atoms with E-state index in [2.05, 4.69) is 9.98 Å². The molecule has 1 aliphatic rings. The van der Waals surface area contributed by atoms with Crippen molar-refractivity contribution < 1.29 is 13.2 Å². The van der Waals surface area contributed by atoms with Gasteiger partial charge in [-0.2, -0.15) is 13.2 Å². The van der Waals surface area contributed by atoms with Crippen molar-refractivity contribution in [2.24, 2.45) is 4.99 Å². The van der Waals surface area contributed by atoms with E-state index in [4.69, 9.17) is 0 Å². The van der Waals surface area contributed by atoms with Crippen molar-refractivity contribution in [3.8, 4) is 0 Å². The largest absolute Gasteiger partial charge is 0.416 e. The minimum Gasteiger partial charge on any atom is -0.272 e. The van der Waals surface area contributed by atoms with Crippen LogP contribution < -0.4 is 0 Å². The molecule has 0 saturated heterocycles. The van der Waals surface area contributed by atoms with Crippen LogP contribution in [0, 0.1) is 0 Å². The number of benzene rings is 1. The Hall–Kier alpha value is -2.17. The van der Waals surface area contributed by atoms with Crippen LogP contribution in [0.5, 0.6) is 0 Å². The number of nitrogens with zero attached hydrogens (tertiary/aromatic N) is 2. The molecule has 0 aliphatic carbocycles. The molecular formula is C14H9F3N2. The molecule has 2 heterocycles. The summed E-state index contributed by atoms with van der Waals surface area (Å²) in [7, 11) is 0. The molecule has 2 nitrogen and oxygen atoms in total. The van der Waals surface area contributed by atoms with Gasteiger partial charge in [-0.1, -0.05) is 12.1 Å². The lowest BCUT2D eigenvalue weighted by atomic mass is 10.0. The van der Waals surface area contributed by atoms with E-state index < -0.39 is 11.7 Å². The molecule has 1 aromatic carbocycles. The second-order valence-corrected chi connectivity index (χ2v) is 4.27. The summed E-state index contributed by atoms with van der Waals surface area (Å²) in [6.45, 7) is 0. The highest BCUT2D eigenvalue weighted by Crippen LogP contribution is 2.36. The van der Waals surface area contributed by atoms with Crippen molar-refractivity contribution in [1.29, 1.82) is 0 Å². The van der Waals surface area contributed by atoms with Gasteiger partial charge < -0.3 is 0 Å². The lowest BCUT2D eigenvalue weighted by Crippen LogP contribution is -2.05. The Morgan fingerprint density at radius 2 is 1.53 bits per heavy atom. The summed E-state index contributed by atoms with van der Waals surface area (Å²) >= 11 is 0.